The predicted octanol–water partition coefficient (Wildman–Crippen LogP) is 5.54. The lowest BCUT2D eigenvalue weighted by Crippen LogP contribution is -2.45. The van der Waals surface area contributed by atoms with Crippen molar-refractivity contribution in [2.45, 2.75) is 37.5 Å². The molecule has 0 spiro atoms. The summed E-state index contributed by atoms with van der Waals surface area (Å²) in [6.45, 7) is 0. The SMILES string of the molecule is O=C1CCC2(c3ccccc3)c3nc(-c4ccncc4)n(-c4ccccc4)c3CCC2C1. The molecule has 32 heavy (non-hydrogen) atoms. The first kappa shape index (κ1) is 19.2. The summed E-state index contributed by atoms with van der Waals surface area (Å²) in [6.07, 6.45) is 7.68. The van der Waals surface area contributed by atoms with Crippen LogP contribution in [-0.2, 0) is 16.6 Å². The second-order valence-corrected chi connectivity index (χ2v) is 8.95. The fraction of sp³-hybridized carbons (Fsp3) is 0.250. The summed E-state index contributed by atoms with van der Waals surface area (Å²) in [5.74, 6) is 1.64. The lowest BCUT2D eigenvalue weighted by molar-refractivity contribution is -0.123. The number of carbonyl (C=O) groups is 1. The van der Waals surface area contributed by atoms with E-state index in [0.29, 0.717) is 24.5 Å². The van der Waals surface area contributed by atoms with Crippen LogP contribution in [0.5, 0.6) is 0 Å². The Hall–Kier alpha value is -3.53. The molecule has 2 atom stereocenters. The van der Waals surface area contributed by atoms with Crippen LogP contribution in [0, 0.1) is 5.92 Å². The minimum absolute atomic E-state index is 0.218. The molecule has 158 valence electrons. The number of imidazole rings is 1. The number of pyridine rings is 1. The summed E-state index contributed by atoms with van der Waals surface area (Å²) in [4.78, 5) is 22.1. The van der Waals surface area contributed by atoms with Crippen molar-refractivity contribution in [2.75, 3.05) is 0 Å². The zero-order valence-electron chi connectivity index (χ0n) is 17.9. The quantitative estimate of drug-likeness (QED) is 0.438. The van der Waals surface area contributed by atoms with Crippen LogP contribution in [0.25, 0.3) is 17.1 Å². The number of Topliss-reactive ketones (excluding diaryl/α,β-unsaturated/α-hetero) is 1. The van der Waals surface area contributed by atoms with Crippen LogP contribution in [0.1, 0.15) is 42.6 Å². The molecule has 1 fully saturated rings. The second kappa shape index (κ2) is 7.56. The molecule has 4 heteroatoms. The van der Waals surface area contributed by atoms with Gasteiger partial charge in [0.15, 0.2) is 0 Å². The van der Waals surface area contributed by atoms with Gasteiger partial charge in [-0.1, -0.05) is 48.5 Å². The fourth-order valence-electron chi connectivity index (χ4n) is 5.91. The van der Waals surface area contributed by atoms with Crippen LogP contribution in [0.15, 0.2) is 85.2 Å². The minimum atomic E-state index is -0.218. The Balaban J connectivity index is 1.65. The third-order valence-electron chi connectivity index (χ3n) is 7.34. The van der Waals surface area contributed by atoms with Gasteiger partial charge in [-0.05, 0) is 55.0 Å². The zero-order valence-corrected chi connectivity index (χ0v) is 17.9. The van der Waals surface area contributed by atoms with Crippen molar-refractivity contribution in [3.63, 3.8) is 0 Å². The molecule has 0 N–H and O–H groups in total. The van der Waals surface area contributed by atoms with Gasteiger partial charge in [0.1, 0.15) is 11.6 Å². The van der Waals surface area contributed by atoms with Crippen molar-refractivity contribution < 1.29 is 4.79 Å². The second-order valence-electron chi connectivity index (χ2n) is 8.95. The zero-order chi connectivity index (χ0) is 21.5. The van der Waals surface area contributed by atoms with Crippen molar-refractivity contribution in [1.82, 2.24) is 14.5 Å². The Labute approximate surface area is 188 Å². The average Bonchev–Trinajstić information content (AvgIpc) is 3.26. The molecule has 1 saturated carbocycles. The Morgan fingerprint density at radius 3 is 2.34 bits per heavy atom. The summed E-state index contributed by atoms with van der Waals surface area (Å²) in [5, 5.41) is 0. The standard InChI is InChI=1S/C28H25N3O/c32-24-13-16-28(21-7-3-1-4-8-21)22(19-24)11-12-25-26(28)30-27(20-14-17-29-18-15-20)31(25)23-9-5-2-6-10-23/h1-10,14-15,17-18,22H,11-13,16,19H2. The van der Waals surface area contributed by atoms with Crippen molar-refractivity contribution in [3.8, 4) is 17.1 Å². The lowest BCUT2D eigenvalue weighted by Gasteiger charge is -2.46. The lowest BCUT2D eigenvalue weighted by atomic mass is 9.56. The van der Waals surface area contributed by atoms with E-state index in [4.69, 9.17) is 4.98 Å². The topological polar surface area (TPSA) is 47.8 Å². The number of para-hydroxylation sites is 1. The van der Waals surface area contributed by atoms with E-state index in [-0.39, 0.29) is 5.41 Å². The molecule has 2 aliphatic carbocycles. The number of aromatic nitrogens is 3. The first-order valence-electron chi connectivity index (χ1n) is 11.4. The highest BCUT2D eigenvalue weighted by Crippen LogP contribution is 2.53. The summed E-state index contributed by atoms with van der Waals surface area (Å²) in [6, 6.07) is 25.3. The predicted molar refractivity (Wildman–Crippen MR) is 125 cm³/mol. The molecule has 0 amide bonds. The summed E-state index contributed by atoms with van der Waals surface area (Å²) in [5.41, 5.74) is 5.69. The molecule has 2 aliphatic rings. The molecule has 0 saturated heterocycles. The van der Waals surface area contributed by atoms with Crippen LogP contribution in [0.3, 0.4) is 0 Å². The first-order chi connectivity index (χ1) is 15.8. The number of rotatable bonds is 3. The molecular formula is C28H25N3O. The fourth-order valence-corrected chi connectivity index (χ4v) is 5.91. The maximum absolute atomic E-state index is 12.5. The molecule has 0 bridgehead atoms. The van der Waals surface area contributed by atoms with Gasteiger partial charge in [0, 0.05) is 47.6 Å². The Bertz CT molecular complexity index is 1260. The molecule has 4 nitrogen and oxygen atoms in total. The van der Waals surface area contributed by atoms with E-state index in [1.165, 1.54) is 11.3 Å². The molecule has 4 aromatic rings. The third-order valence-corrected chi connectivity index (χ3v) is 7.34. The summed E-state index contributed by atoms with van der Waals surface area (Å²) in [7, 11) is 0. The smallest absolute Gasteiger partial charge is 0.145 e. The van der Waals surface area contributed by atoms with Gasteiger partial charge in [0.25, 0.3) is 0 Å². The number of nitrogens with zero attached hydrogens (tertiary/aromatic N) is 3. The van der Waals surface area contributed by atoms with Gasteiger partial charge >= 0.3 is 0 Å². The highest BCUT2D eigenvalue weighted by atomic mass is 16.1. The van der Waals surface area contributed by atoms with Gasteiger partial charge in [0.05, 0.1) is 5.69 Å². The van der Waals surface area contributed by atoms with Crippen LogP contribution in [-0.4, -0.2) is 20.3 Å². The van der Waals surface area contributed by atoms with Gasteiger partial charge in [-0.3, -0.25) is 14.3 Å². The summed E-state index contributed by atoms with van der Waals surface area (Å²) < 4.78 is 2.34. The molecule has 2 heterocycles. The van der Waals surface area contributed by atoms with Gasteiger partial charge in [-0.15, -0.1) is 0 Å². The average molecular weight is 420 g/mol. The molecule has 0 radical (unpaired) electrons. The Kier molecular flexibility index (Phi) is 4.53. The number of benzene rings is 2. The highest BCUT2D eigenvalue weighted by molar-refractivity contribution is 5.81. The van der Waals surface area contributed by atoms with Gasteiger partial charge < -0.3 is 0 Å². The van der Waals surface area contributed by atoms with Crippen molar-refractivity contribution >= 4 is 5.78 Å². The number of carbonyl (C=O) groups excluding carboxylic acids is 1. The third kappa shape index (κ3) is 2.86. The maximum atomic E-state index is 12.5. The maximum Gasteiger partial charge on any atom is 0.145 e. The van der Waals surface area contributed by atoms with Gasteiger partial charge in [-0.25, -0.2) is 4.98 Å². The van der Waals surface area contributed by atoms with E-state index >= 15 is 0 Å². The molecule has 2 unspecified atom stereocenters. The monoisotopic (exact) mass is 419 g/mol. The Morgan fingerprint density at radius 2 is 1.59 bits per heavy atom. The van der Waals surface area contributed by atoms with Crippen LogP contribution < -0.4 is 0 Å². The molecule has 2 aromatic heterocycles. The van der Waals surface area contributed by atoms with E-state index in [0.717, 1.165) is 42.0 Å². The highest BCUT2D eigenvalue weighted by Gasteiger charge is 2.51. The number of ketones is 1. The van der Waals surface area contributed by atoms with Gasteiger partial charge in [0.2, 0.25) is 0 Å². The first-order valence-corrected chi connectivity index (χ1v) is 11.4. The van der Waals surface area contributed by atoms with E-state index < -0.39 is 0 Å². The molecule has 0 aliphatic heterocycles. The van der Waals surface area contributed by atoms with Crippen LogP contribution in [0.2, 0.25) is 0 Å². The largest absolute Gasteiger partial charge is 0.300 e. The van der Waals surface area contributed by atoms with Crippen LogP contribution in [0.4, 0.5) is 0 Å². The Morgan fingerprint density at radius 1 is 0.875 bits per heavy atom. The number of hydrogen-bond donors (Lipinski definition) is 0. The van der Waals surface area contributed by atoms with E-state index in [2.05, 4.69) is 64.1 Å². The number of fused-ring (bicyclic) bond motifs is 3. The van der Waals surface area contributed by atoms with E-state index in [1.54, 1.807) is 0 Å². The minimum Gasteiger partial charge on any atom is -0.300 e. The van der Waals surface area contributed by atoms with E-state index in [9.17, 15) is 4.79 Å². The number of hydrogen-bond acceptors (Lipinski definition) is 3. The molecular weight excluding hydrogens is 394 g/mol. The molecule has 6 rings (SSSR count). The molecule has 2 aromatic carbocycles. The van der Waals surface area contributed by atoms with E-state index in [1.807, 2.05) is 30.6 Å². The summed E-state index contributed by atoms with van der Waals surface area (Å²) >= 11 is 0. The van der Waals surface area contributed by atoms with Crippen molar-refractivity contribution in [1.29, 1.82) is 0 Å². The normalized spacial score (nSPS) is 22.2. The van der Waals surface area contributed by atoms with Crippen molar-refractivity contribution in [2.24, 2.45) is 5.92 Å². The van der Waals surface area contributed by atoms with Gasteiger partial charge in [-0.2, -0.15) is 0 Å². The van der Waals surface area contributed by atoms with Crippen LogP contribution >= 0.6 is 0 Å². The van der Waals surface area contributed by atoms with Crippen molar-refractivity contribution in [3.05, 3.63) is 102 Å².